The zero-order chi connectivity index (χ0) is 10.4. The molecule has 1 aliphatic rings. The lowest BCUT2D eigenvalue weighted by atomic mass is 10.2. The molecule has 14 heavy (non-hydrogen) atoms. The average molecular weight is 207 g/mol. The van der Waals surface area contributed by atoms with Gasteiger partial charge in [0.25, 0.3) is 6.43 Å². The van der Waals surface area contributed by atoms with E-state index in [0.717, 1.165) is 32.4 Å². The zero-order valence-electron chi connectivity index (χ0n) is 8.72. The summed E-state index contributed by atoms with van der Waals surface area (Å²) in [5, 5.41) is 0. The van der Waals surface area contributed by atoms with Gasteiger partial charge >= 0.3 is 0 Å². The number of rotatable bonds is 6. The number of nitrogens with zero attached hydrogens (tertiary/aromatic N) is 1. The molecule has 1 rings (SSSR count). The second-order valence-corrected chi connectivity index (χ2v) is 3.76. The summed E-state index contributed by atoms with van der Waals surface area (Å²) in [5.41, 5.74) is 0. The molecule has 0 N–H and O–H groups in total. The largest absolute Gasteiger partial charge is 0.380 e. The van der Waals surface area contributed by atoms with Crippen molar-refractivity contribution in [2.24, 2.45) is 0 Å². The molecule has 1 aliphatic heterocycles. The van der Waals surface area contributed by atoms with Gasteiger partial charge in [-0.3, -0.25) is 4.90 Å². The molecule has 1 atom stereocenters. The highest BCUT2D eigenvalue weighted by atomic mass is 19.3. The lowest BCUT2D eigenvalue weighted by molar-refractivity contribution is 0.0410. The summed E-state index contributed by atoms with van der Waals surface area (Å²) in [6, 6.07) is 0.218. The molecule has 1 fully saturated rings. The van der Waals surface area contributed by atoms with Crippen LogP contribution in [0, 0.1) is 0 Å². The summed E-state index contributed by atoms with van der Waals surface area (Å²) in [4.78, 5) is 1.85. The van der Waals surface area contributed by atoms with Crippen LogP contribution in [-0.4, -0.2) is 43.7 Å². The Labute approximate surface area is 84.2 Å². The second kappa shape index (κ2) is 6.30. The molecule has 0 aromatic carbocycles. The molecule has 0 spiro atoms. The third-order valence-electron chi connectivity index (χ3n) is 2.53. The Morgan fingerprint density at radius 1 is 1.50 bits per heavy atom. The quantitative estimate of drug-likeness (QED) is 0.619. The van der Waals surface area contributed by atoms with Crippen molar-refractivity contribution < 1.29 is 13.5 Å². The molecule has 1 unspecified atom stereocenters. The van der Waals surface area contributed by atoms with Crippen molar-refractivity contribution in [2.45, 2.75) is 38.7 Å². The fourth-order valence-electron chi connectivity index (χ4n) is 1.87. The van der Waals surface area contributed by atoms with Crippen LogP contribution < -0.4 is 0 Å². The molecule has 0 saturated carbocycles. The summed E-state index contributed by atoms with van der Waals surface area (Å²) < 4.78 is 29.7. The van der Waals surface area contributed by atoms with Crippen molar-refractivity contribution in [3.8, 4) is 0 Å². The monoisotopic (exact) mass is 207 g/mol. The average Bonchev–Trinajstić information content (AvgIpc) is 2.52. The SMILES string of the molecule is CCCOCC1CCCN1CC(F)F. The summed E-state index contributed by atoms with van der Waals surface area (Å²) >= 11 is 0. The minimum absolute atomic E-state index is 0.0971. The van der Waals surface area contributed by atoms with Gasteiger partial charge in [0.15, 0.2) is 0 Å². The van der Waals surface area contributed by atoms with E-state index < -0.39 is 6.43 Å². The van der Waals surface area contributed by atoms with Crippen molar-refractivity contribution in [2.75, 3.05) is 26.3 Å². The maximum atomic E-state index is 12.2. The summed E-state index contributed by atoms with van der Waals surface area (Å²) in [6.45, 7) is 4.09. The third kappa shape index (κ3) is 3.88. The van der Waals surface area contributed by atoms with Gasteiger partial charge in [0.2, 0.25) is 0 Å². The fourth-order valence-corrected chi connectivity index (χ4v) is 1.87. The maximum absolute atomic E-state index is 12.2. The Morgan fingerprint density at radius 3 is 2.93 bits per heavy atom. The van der Waals surface area contributed by atoms with E-state index in [9.17, 15) is 8.78 Å². The Morgan fingerprint density at radius 2 is 2.29 bits per heavy atom. The van der Waals surface area contributed by atoms with Gasteiger partial charge < -0.3 is 4.74 Å². The summed E-state index contributed by atoms with van der Waals surface area (Å²) in [5.74, 6) is 0. The number of hydrogen-bond acceptors (Lipinski definition) is 2. The molecule has 0 aromatic rings. The van der Waals surface area contributed by atoms with Gasteiger partial charge in [-0.05, 0) is 25.8 Å². The summed E-state index contributed by atoms with van der Waals surface area (Å²) in [6.07, 6.45) is 0.784. The van der Waals surface area contributed by atoms with Crippen LogP contribution in [0.25, 0.3) is 0 Å². The standard InChI is InChI=1S/C10H19F2NO/c1-2-6-14-8-9-4-3-5-13(9)7-10(11)12/h9-10H,2-8H2,1H3. The minimum atomic E-state index is -2.22. The van der Waals surface area contributed by atoms with Gasteiger partial charge in [-0.1, -0.05) is 6.92 Å². The molecule has 0 bridgehead atoms. The molecule has 1 heterocycles. The van der Waals surface area contributed by atoms with Crippen LogP contribution in [0.5, 0.6) is 0 Å². The molecule has 0 radical (unpaired) electrons. The predicted octanol–water partition coefficient (Wildman–Crippen LogP) is 2.14. The van der Waals surface area contributed by atoms with Gasteiger partial charge in [0, 0.05) is 12.6 Å². The van der Waals surface area contributed by atoms with E-state index in [4.69, 9.17) is 4.74 Å². The van der Waals surface area contributed by atoms with Crippen molar-refractivity contribution in [1.29, 1.82) is 0 Å². The maximum Gasteiger partial charge on any atom is 0.251 e. The highest BCUT2D eigenvalue weighted by molar-refractivity contribution is 4.79. The van der Waals surface area contributed by atoms with Gasteiger partial charge in [-0.25, -0.2) is 8.78 Å². The topological polar surface area (TPSA) is 12.5 Å². The number of hydrogen-bond donors (Lipinski definition) is 0. The highest BCUT2D eigenvalue weighted by Gasteiger charge is 2.26. The van der Waals surface area contributed by atoms with E-state index in [-0.39, 0.29) is 12.6 Å². The Hall–Kier alpha value is -0.220. The van der Waals surface area contributed by atoms with Crippen LogP contribution in [0.2, 0.25) is 0 Å². The number of likely N-dealkylation sites (tertiary alicyclic amines) is 1. The van der Waals surface area contributed by atoms with Crippen molar-refractivity contribution >= 4 is 0 Å². The van der Waals surface area contributed by atoms with Crippen LogP contribution in [-0.2, 0) is 4.74 Å². The van der Waals surface area contributed by atoms with E-state index in [1.165, 1.54) is 0 Å². The summed E-state index contributed by atoms with van der Waals surface area (Å²) in [7, 11) is 0. The number of halogens is 2. The predicted molar refractivity (Wildman–Crippen MR) is 51.7 cm³/mol. The van der Waals surface area contributed by atoms with Crippen molar-refractivity contribution in [1.82, 2.24) is 4.90 Å². The van der Waals surface area contributed by atoms with Gasteiger partial charge in [-0.15, -0.1) is 0 Å². The molecule has 84 valence electrons. The van der Waals surface area contributed by atoms with Gasteiger partial charge in [0.1, 0.15) is 0 Å². The first-order valence-corrected chi connectivity index (χ1v) is 5.34. The van der Waals surface area contributed by atoms with Gasteiger partial charge in [0.05, 0.1) is 13.2 Å². The van der Waals surface area contributed by atoms with E-state index in [0.29, 0.717) is 6.61 Å². The minimum Gasteiger partial charge on any atom is -0.380 e. The molecular formula is C10H19F2NO. The first-order valence-electron chi connectivity index (χ1n) is 5.34. The number of alkyl halides is 2. The van der Waals surface area contributed by atoms with Gasteiger partial charge in [-0.2, -0.15) is 0 Å². The molecule has 0 aliphatic carbocycles. The fraction of sp³-hybridized carbons (Fsp3) is 1.00. The number of ether oxygens (including phenoxy) is 1. The molecule has 0 aromatic heterocycles. The van der Waals surface area contributed by atoms with E-state index in [2.05, 4.69) is 0 Å². The van der Waals surface area contributed by atoms with Crippen LogP contribution in [0.3, 0.4) is 0 Å². The lowest BCUT2D eigenvalue weighted by Crippen LogP contribution is -2.36. The van der Waals surface area contributed by atoms with E-state index in [1.807, 2.05) is 11.8 Å². The van der Waals surface area contributed by atoms with Crippen molar-refractivity contribution in [3.63, 3.8) is 0 Å². The third-order valence-corrected chi connectivity index (χ3v) is 2.53. The lowest BCUT2D eigenvalue weighted by Gasteiger charge is -2.23. The van der Waals surface area contributed by atoms with Crippen LogP contribution >= 0.6 is 0 Å². The van der Waals surface area contributed by atoms with Crippen molar-refractivity contribution in [3.05, 3.63) is 0 Å². The molecule has 4 heteroatoms. The molecule has 1 saturated heterocycles. The first kappa shape index (κ1) is 11.9. The molecule has 0 amide bonds. The van der Waals surface area contributed by atoms with E-state index in [1.54, 1.807) is 0 Å². The molecular weight excluding hydrogens is 188 g/mol. The van der Waals surface area contributed by atoms with Crippen LogP contribution in [0.1, 0.15) is 26.2 Å². The highest BCUT2D eigenvalue weighted by Crippen LogP contribution is 2.18. The van der Waals surface area contributed by atoms with E-state index >= 15 is 0 Å². The first-order chi connectivity index (χ1) is 6.74. The van der Waals surface area contributed by atoms with Crippen LogP contribution in [0.15, 0.2) is 0 Å². The van der Waals surface area contributed by atoms with Crippen LogP contribution in [0.4, 0.5) is 8.78 Å². The smallest absolute Gasteiger partial charge is 0.251 e. The Bertz CT molecular complexity index is 155. The Balaban J connectivity index is 2.21. The zero-order valence-corrected chi connectivity index (χ0v) is 8.72. The molecule has 2 nitrogen and oxygen atoms in total. The second-order valence-electron chi connectivity index (χ2n) is 3.76. The Kier molecular flexibility index (Phi) is 5.33. The normalized spacial score (nSPS) is 23.6.